The predicted molar refractivity (Wildman–Crippen MR) is 65.7 cm³/mol. The van der Waals surface area contributed by atoms with E-state index in [0.29, 0.717) is 6.61 Å². The molecule has 2 rings (SSSR count). The van der Waals surface area contributed by atoms with E-state index >= 15 is 0 Å². The molecule has 2 atom stereocenters. The Morgan fingerprint density at radius 1 is 1.29 bits per heavy atom. The number of hydrogen-bond acceptors (Lipinski definition) is 3. The number of carbonyl (C=O) groups is 1. The fourth-order valence-electron chi connectivity index (χ4n) is 3.56. The Bertz CT molecular complexity index is 323. The number of carbonyl (C=O) groups excluding carboxylic acids is 1. The van der Waals surface area contributed by atoms with Gasteiger partial charge in [-0.25, -0.2) is 4.79 Å². The summed E-state index contributed by atoms with van der Waals surface area (Å²) in [6.07, 6.45) is 5.08. The molecular formula is C14H24O3. The number of hydrogen-bond donors (Lipinski definition) is 0. The summed E-state index contributed by atoms with van der Waals surface area (Å²) in [6, 6.07) is 0. The van der Waals surface area contributed by atoms with E-state index in [-0.39, 0.29) is 17.0 Å². The molecule has 1 spiro atoms. The van der Waals surface area contributed by atoms with Gasteiger partial charge in [-0.15, -0.1) is 0 Å². The molecule has 0 aromatic carbocycles. The van der Waals surface area contributed by atoms with Crippen molar-refractivity contribution in [1.82, 2.24) is 0 Å². The molecule has 1 saturated carbocycles. The molecule has 1 aliphatic carbocycles. The zero-order valence-corrected chi connectivity index (χ0v) is 11.5. The van der Waals surface area contributed by atoms with E-state index < -0.39 is 5.60 Å². The van der Waals surface area contributed by atoms with Crippen molar-refractivity contribution in [2.45, 2.75) is 71.0 Å². The maximum Gasteiger partial charge on any atom is 0.341 e. The largest absolute Gasteiger partial charge is 0.464 e. The smallest absolute Gasteiger partial charge is 0.341 e. The first-order chi connectivity index (χ1) is 7.91. The molecule has 0 aromatic heterocycles. The monoisotopic (exact) mass is 240 g/mol. The second-order valence-corrected chi connectivity index (χ2v) is 6.19. The maximum absolute atomic E-state index is 12.1. The van der Waals surface area contributed by atoms with Crippen LogP contribution in [0, 0.1) is 5.41 Å². The number of rotatable bonds is 3. The highest BCUT2D eigenvalue weighted by Gasteiger charge is 2.75. The lowest BCUT2D eigenvalue weighted by Gasteiger charge is -2.35. The highest BCUT2D eigenvalue weighted by molar-refractivity contribution is 5.85. The normalized spacial score (nSPS) is 39.1. The van der Waals surface area contributed by atoms with E-state index in [1.54, 1.807) is 0 Å². The van der Waals surface area contributed by atoms with Gasteiger partial charge in [0.15, 0.2) is 5.60 Å². The molecule has 1 aliphatic heterocycles. The lowest BCUT2D eigenvalue weighted by atomic mass is 9.67. The molecule has 3 nitrogen and oxygen atoms in total. The second kappa shape index (κ2) is 3.98. The van der Waals surface area contributed by atoms with Gasteiger partial charge in [-0.05, 0) is 44.4 Å². The Morgan fingerprint density at radius 2 is 2.00 bits per heavy atom. The van der Waals surface area contributed by atoms with Crippen LogP contribution in [0.25, 0.3) is 0 Å². The molecule has 0 amide bonds. The fourth-order valence-corrected chi connectivity index (χ4v) is 3.56. The van der Waals surface area contributed by atoms with Crippen LogP contribution in [-0.2, 0) is 14.3 Å². The summed E-state index contributed by atoms with van der Waals surface area (Å²) in [7, 11) is 0. The molecular weight excluding hydrogens is 216 g/mol. The van der Waals surface area contributed by atoms with E-state index in [1.807, 2.05) is 13.8 Å². The first kappa shape index (κ1) is 12.9. The Hall–Kier alpha value is -0.570. The van der Waals surface area contributed by atoms with Crippen LogP contribution in [-0.4, -0.2) is 23.8 Å². The highest BCUT2D eigenvalue weighted by atomic mass is 16.7. The highest BCUT2D eigenvalue weighted by Crippen LogP contribution is 2.62. The van der Waals surface area contributed by atoms with Crippen LogP contribution in [0.15, 0.2) is 0 Å². The van der Waals surface area contributed by atoms with Crippen LogP contribution in [0.5, 0.6) is 0 Å². The van der Waals surface area contributed by atoms with E-state index in [1.165, 1.54) is 6.42 Å². The van der Waals surface area contributed by atoms with E-state index in [0.717, 1.165) is 25.7 Å². The van der Waals surface area contributed by atoms with Crippen molar-refractivity contribution in [3.63, 3.8) is 0 Å². The Labute approximate surface area is 104 Å². The van der Waals surface area contributed by atoms with Gasteiger partial charge in [-0.1, -0.05) is 20.8 Å². The minimum atomic E-state index is -0.638. The summed E-state index contributed by atoms with van der Waals surface area (Å²) in [5.41, 5.74) is -0.585. The van der Waals surface area contributed by atoms with Gasteiger partial charge in [0.25, 0.3) is 0 Å². The third-order valence-electron chi connectivity index (χ3n) is 4.37. The molecule has 0 radical (unpaired) electrons. The van der Waals surface area contributed by atoms with E-state index in [4.69, 9.17) is 9.47 Å². The molecule has 0 bridgehead atoms. The average molecular weight is 240 g/mol. The zero-order valence-electron chi connectivity index (χ0n) is 11.5. The van der Waals surface area contributed by atoms with Crippen molar-refractivity contribution >= 4 is 5.97 Å². The Kier molecular flexibility index (Phi) is 3.01. The number of esters is 1. The van der Waals surface area contributed by atoms with Gasteiger partial charge in [0.2, 0.25) is 0 Å². The van der Waals surface area contributed by atoms with Crippen molar-refractivity contribution in [3.8, 4) is 0 Å². The molecule has 98 valence electrons. The van der Waals surface area contributed by atoms with Gasteiger partial charge in [-0.2, -0.15) is 0 Å². The van der Waals surface area contributed by atoms with Gasteiger partial charge in [0.05, 0.1) is 6.61 Å². The van der Waals surface area contributed by atoms with Gasteiger partial charge in [-0.3, -0.25) is 0 Å². The van der Waals surface area contributed by atoms with Crippen molar-refractivity contribution in [2.75, 3.05) is 6.61 Å². The van der Waals surface area contributed by atoms with Gasteiger partial charge in [0.1, 0.15) is 5.60 Å². The van der Waals surface area contributed by atoms with Crippen molar-refractivity contribution < 1.29 is 14.3 Å². The van der Waals surface area contributed by atoms with Gasteiger partial charge < -0.3 is 9.47 Å². The van der Waals surface area contributed by atoms with Crippen LogP contribution >= 0.6 is 0 Å². The van der Waals surface area contributed by atoms with Gasteiger partial charge in [0, 0.05) is 0 Å². The molecule has 1 heterocycles. The lowest BCUT2D eigenvalue weighted by Crippen LogP contribution is -2.40. The summed E-state index contributed by atoms with van der Waals surface area (Å²) in [5, 5.41) is 0. The summed E-state index contributed by atoms with van der Waals surface area (Å²) >= 11 is 0. The third-order valence-corrected chi connectivity index (χ3v) is 4.37. The molecule has 0 N–H and O–H groups in total. The minimum absolute atomic E-state index is 0.153. The molecule has 3 heteroatoms. The standard InChI is InChI=1S/C14H24O3/c1-5-14(11(15)16-6-2)13(17-14)9-7-8-12(3,4)10-13/h5-10H2,1-4H3. The molecule has 2 fully saturated rings. The second-order valence-electron chi connectivity index (χ2n) is 6.19. The van der Waals surface area contributed by atoms with Crippen molar-refractivity contribution in [3.05, 3.63) is 0 Å². The summed E-state index contributed by atoms with van der Waals surface area (Å²) in [4.78, 5) is 12.1. The van der Waals surface area contributed by atoms with Crippen LogP contribution in [0.1, 0.15) is 59.8 Å². The van der Waals surface area contributed by atoms with Crippen LogP contribution in [0.4, 0.5) is 0 Å². The number of epoxide rings is 1. The zero-order chi connectivity index (χ0) is 12.7. The average Bonchev–Trinajstić information content (AvgIpc) is 2.85. The topological polar surface area (TPSA) is 38.8 Å². The molecule has 1 saturated heterocycles. The number of ether oxygens (including phenoxy) is 2. The van der Waals surface area contributed by atoms with Crippen LogP contribution in [0.3, 0.4) is 0 Å². The molecule has 17 heavy (non-hydrogen) atoms. The Morgan fingerprint density at radius 3 is 2.53 bits per heavy atom. The Balaban J connectivity index is 2.16. The lowest BCUT2D eigenvalue weighted by molar-refractivity contribution is -0.149. The quantitative estimate of drug-likeness (QED) is 0.562. The molecule has 2 aliphatic rings. The van der Waals surface area contributed by atoms with Crippen molar-refractivity contribution in [1.29, 1.82) is 0 Å². The minimum Gasteiger partial charge on any atom is -0.464 e. The molecule has 0 aromatic rings. The van der Waals surface area contributed by atoms with Crippen molar-refractivity contribution in [2.24, 2.45) is 5.41 Å². The predicted octanol–water partition coefficient (Wildman–Crippen LogP) is 3.07. The first-order valence-corrected chi connectivity index (χ1v) is 6.79. The summed E-state index contributed by atoms with van der Waals surface area (Å²) < 4.78 is 11.1. The maximum atomic E-state index is 12.1. The fraction of sp³-hybridized carbons (Fsp3) is 0.929. The summed E-state index contributed by atoms with van der Waals surface area (Å²) in [5.74, 6) is -0.153. The van der Waals surface area contributed by atoms with Gasteiger partial charge >= 0.3 is 5.97 Å². The SMILES string of the molecule is CCOC(=O)C1(CC)OC12CCCC(C)(C)C2. The first-order valence-electron chi connectivity index (χ1n) is 6.79. The molecule has 2 unspecified atom stereocenters. The van der Waals surface area contributed by atoms with E-state index in [9.17, 15) is 4.79 Å². The third kappa shape index (κ3) is 1.88. The van der Waals surface area contributed by atoms with E-state index in [2.05, 4.69) is 13.8 Å². The van der Waals surface area contributed by atoms with Crippen LogP contribution < -0.4 is 0 Å². The van der Waals surface area contributed by atoms with Crippen LogP contribution in [0.2, 0.25) is 0 Å². The summed E-state index contributed by atoms with van der Waals surface area (Å²) in [6.45, 7) is 8.83.